The van der Waals surface area contributed by atoms with Gasteiger partial charge < -0.3 is 10.2 Å². The Kier molecular flexibility index (Phi) is 7.48. The second kappa shape index (κ2) is 9.96. The quantitative estimate of drug-likeness (QED) is 0.690. The highest BCUT2D eigenvalue weighted by Gasteiger charge is 2.29. The van der Waals surface area contributed by atoms with Gasteiger partial charge in [-0.25, -0.2) is 21.5 Å². The zero-order valence-corrected chi connectivity index (χ0v) is 19.5. The summed E-state index contributed by atoms with van der Waals surface area (Å²) in [6.07, 6.45) is 0.847. The molecule has 0 aliphatic carbocycles. The Morgan fingerprint density at radius 1 is 1.06 bits per heavy atom. The van der Waals surface area contributed by atoms with E-state index in [-0.39, 0.29) is 28.3 Å². The molecule has 0 radical (unpaired) electrons. The average molecular weight is 480 g/mol. The van der Waals surface area contributed by atoms with Crippen LogP contribution in [0.1, 0.15) is 41.7 Å². The van der Waals surface area contributed by atoms with Gasteiger partial charge >= 0.3 is 0 Å². The van der Waals surface area contributed by atoms with Gasteiger partial charge in [-0.1, -0.05) is 12.1 Å². The lowest BCUT2D eigenvalue weighted by atomic mass is 9.94. The van der Waals surface area contributed by atoms with Crippen molar-refractivity contribution in [2.75, 3.05) is 27.2 Å². The Bertz CT molecular complexity index is 1130. The molecular weight excluding hydrogens is 452 g/mol. The fourth-order valence-electron chi connectivity index (χ4n) is 3.73. The SMILES string of the molecule is CC(NC(=O)C1CCN(C(=O)c2ccc(F)cc2F)CC1)c1ccc(S(=O)(=O)N(C)C)cc1. The summed E-state index contributed by atoms with van der Waals surface area (Å²) >= 11 is 0. The van der Waals surface area contributed by atoms with E-state index < -0.39 is 27.6 Å². The molecule has 1 aliphatic rings. The minimum atomic E-state index is -3.53. The van der Waals surface area contributed by atoms with E-state index >= 15 is 0 Å². The first-order valence-corrected chi connectivity index (χ1v) is 12.0. The summed E-state index contributed by atoms with van der Waals surface area (Å²) in [4.78, 5) is 26.9. The lowest BCUT2D eigenvalue weighted by Crippen LogP contribution is -2.43. The van der Waals surface area contributed by atoms with Crippen LogP contribution in [0.3, 0.4) is 0 Å². The van der Waals surface area contributed by atoms with E-state index in [0.29, 0.717) is 32.0 Å². The number of rotatable bonds is 6. The summed E-state index contributed by atoms with van der Waals surface area (Å²) in [5, 5.41) is 2.93. The van der Waals surface area contributed by atoms with Crippen molar-refractivity contribution in [1.82, 2.24) is 14.5 Å². The minimum Gasteiger partial charge on any atom is -0.349 e. The predicted octanol–water partition coefficient (Wildman–Crippen LogP) is 2.94. The molecule has 1 atom stereocenters. The van der Waals surface area contributed by atoms with Gasteiger partial charge in [0, 0.05) is 39.2 Å². The van der Waals surface area contributed by atoms with Crippen LogP contribution in [0.25, 0.3) is 0 Å². The van der Waals surface area contributed by atoms with Crippen LogP contribution < -0.4 is 5.32 Å². The van der Waals surface area contributed by atoms with Gasteiger partial charge in [-0.15, -0.1) is 0 Å². The molecule has 1 saturated heterocycles. The molecule has 2 aromatic carbocycles. The molecule has 0 aromatic heterocycles. The Balaban J connectivity index is 1.56. The van der Waals surface area contributed by atoms with Gasteiger partial charge in [-0.05, 0) is 49.6 Å². The number of piperidine rings is 1. The maximum Gasteiger partial charge on any atom is 0.256 e. The Hall–Kier alpha value is -2.85. The summed E-state index contributed by atoms with van der Waals surface area (Å²) in [5.74, 6) is -2.64. The van der Waals surface area contributed by atoms with Gasteiger partial charge in [0.15, 0.2) is 0 Å². The maximum atomic E-state index is 13.9. The molecular formula is C23H27F2N3O4S. The van der Waals surface area contributed by atoms with Crippen LogP contribution >= 0.6 is 0 Å². The maximum absolute atomic E-state index is 13.9. The molecule has 2 aromatic rings. The lowest BCUT2D eigenvalue weighted by Gasteiger charge is -2.32. The van der Waals surface area contributed by atoms with Crippen molar-refractivity contribution >= 4 is 21.8 Å². The van der Waals surface area contributed by atoms with Crippen LogP contribution in [0.5, 0.6) is 0 Å². The van der Waals surface area contributed by atoms with E-state index in [1.807, 2.05) is 6.92 Å². The zero-order valence-electron chi connectivity index (χ0n) is 18.7. The first kappa shape index (κ1) is 24.8. The molecule has 2 amide bonds. The van der Waals surface area contributed by atoms with Crippen molar-refractivity contribution in [3.05, 3.63) is 65.2 Å². The van der Waals surface area contributed by atoms with Crippen LogP contribution in [0, 0.1) is 17.6 Å². The van der Waals surface area contributed by atoms with Crippen molar-refractivity contribution < 1.29 is 26.8 Å². The number of nitrogens with one attached hydrogen (secondary N) is 1. The molecule has 33 heavy (non-hydrogen) atoms. The number of nitrogens with zero attached hydrogens (tertiary/aromatic N) is 2. The summed E-state index contributed by atoms with van der Waals surface area (Å²) in [6.45, 7) is 2.39. The van der Waals surface area contributed by atoms with Gasteiger partial charge in [0.05, 0.1) is 16.5 Å². The van der Waals surface area contributed by atoms with E-state index in [2.05, 4.69) is 5.32 Å². The summed E-state index contributed by atoms with van der Waals surface area (Å²) < 4.78 is 52.5. The zero-order chi connectivity index (χ0) is 24.3. The van der Waals surface area contributed by atoms with Gasteiger partial charge in [-0.3, -0.25) is 9.59 Å². The van der Waals surface area contributed by atoms with Crippen molar-refractivity contribution in [2.24, 2.45) is 5.92 Å². The molecule has 1 heterocycles. The smallest absolute Gasteiger partial charge is 0.256 e. The number of hydrogen-bond acceptors (Lipinski definition) is 4. The molecule has 0 saturated carbocycles. The molecule has 10 heteroatoms. The van der Waals surface area contributed by atoms with Gasteiger partial charge in [-0.2, -0.15) is 0 Å². The number of amides is 2. The van der Waals surface area contributed by atoms with E-state index in [0.717, 1.165) is 22.0 Å². The summed E-state index contributed by atoms with van der Waals surface area (Å²) in [5.41, 5.74) is 0.577. The molecule has 1 aliphatic heterocycles. The third kappa shape index (κ3) is 5.56. The van der Waals surface area contributed by atoms with E-state index in [9.17, 15) is 26.8 Å². The van der Waals surface area contributed by atoms with Crippen LogP contribution in [0.4, 0.5) is 8.78 Å². The minimum absolute atomic E-state index is 0.160. The second-order valence-electron chi connectivity index (χ2n) is 8.28. The largest absolute Gasteiger partial charge is 0.349 e. The number of benzene rings is 2. The molecule has 1 fully saturated rings. The number of sulfonamides is 1. The number of carbonyl (C=O) groups excluding carboxylic acids is 2. The number of halogens is 2. The topological polar surface area (TPSA) is 86.8 Å². The standard InChI is InChI=1S/C23H27F2N3O4S/c1-15(16-4-7-19(8-5-16)33(31,32)27(2)3)26-22(29)17-10-12-28(13-11-17)23(30)20-9-6-18(24)14-21(20)25/h4-9,14-15,17H,10-13H2,1-3H3,(H,26,29). The fraction of sp³-hybridized carbons (Fsp3) is 0.391. The van der Waals surface area contributed by atoms with Gasteiger partial charge in [0.1, 0.15) is 11.6 Å². The first-order valence-electron chi connectivity index (χ1n) is 10.6. The Labute approximate surface area is 192 Å². The molecule has 0 bridgehead atoms. The Morgan fingerprint density at radius 3 is 2.21 bits per heavy atom. The highest BCUT2D eigenvalue weighted by Crippen LogP contribution is 2.23. The number of carbonyl (C=O) groups is 2. The normalized spacial score (nSPS) is 16.0. The van der Waals surface area contributed by atoms with Crippen molar-refractivity contribution in [2.45, 2.75) is 30.7 Å². The lowest BCUT2D eigenvalue weighted by molar-refractivity contribution is -0.127. The van der Waals surface area contributed by atoms with E-state index in [1.54, 1.807) is 12.1 Å². The van der Waals surface area contributed by atoms with Crippen molar-refractivity contribution in [3.63, 3.8) is 0 Å². The predicted molar refractivity (Wildman–Crippen MR) is 119 cm³/mol. The van der Waals surface area contributed by atoms with Crippen LogP contribution in [-0.2, 0) is 14.8 Å². The third-order valence-corrected chi connectivity index (χ3v) is 7.66. The molecule has 178 valence electrons. The third-order valence-electron chi connectivity index (χ3n) is 5.83. The average Bonchev–Trinajstić information content (AvgIpc) is 2.78. The number of likely N-dealkylation sites (tertiary alicyclic amines) is 1. The summed E-state index contributed by atoms with van der Waals surface area (Å²) in [6, 6.07) is 8.86. The van der Waals surface area contributed by atoms with Crippen LogP contribution in [0.2, 0.25) is 0 Å². The number of hydrogen-bond donors (Lipinski definition) is 1. The monoisotopic (exact) mass is 479 g/mol. The fourth-order valence-corrected chi connectivity index (χ4v) is 4.63. The molecule has 1 unspecified atom stereocenters. The first-order chi connectivity index (χ1) is 15.5. The van der Waals surface area contributed by atoms with Gasteiger partial charge in [0.2, 0.25) is 15.9 Å². The van der Waals surface area contributed by atoms with E-state index in [4.69, 9.17) is 0 Å². The Morgan fingerprint density at radius 2 is 1.67 bits per heavy atom. The van der Waals surface area contributed by atoms with Crippen LogP contribution in [-0.4, -0.2) is 56.6 Å². The second-order valence-corrected chi connectivity index (χ2v) is 10.4. The molecule has 1 N–H and O–H groups in total. The van der Waals surface area contributed by atoms with Crippen molar-refractivity contribution in [1.29, 1.82) is 0 Å². The highest BCUT2D eigenvalue weighted by molar-refractivity contribution is 7.89. The molecule has 0 spiro atoms. The van der Waals surface area contributed by atoms with E-state index in [1.165, 1.54) is 31.1 Å². The highest BCUT2D eigenvalue weighted by atomic mass is 32.2. The van der Waals surface area contributed by atoms with Crippen molar-refractivity contribution in [3.8, 4) is 0 Å². The van der Waals surface area contributed by atoms with Crippen LogP contribution in [0.15, 0.2) is 47.4 Å². The molecule has 3 rings (SSSR count). The summed E-state index contributed by atoms with van der Waals surface area (Å²) in [7, 11) is -0.606. The van der Waals surface area contributed by atoms with Gasteiger partial charge in [0.25, 0.3) is 5.91 Å². The molecule has 7 nitrogen and oxygen atoms in total.